The largest absolute Gasteiger partial charge is 0.336 e. The normalized spacial score (nSPS) is 25.0. The highest BCUT2D eigenvalue weighted by molar-refractivity contribution is 7.90. The molecule has 2 fully saturated rings. The number of nitrogens with zero attached hydrogens (tertiary/aromatic N) is 4. The average Bonchev–Trinajstić information content (AvgIpc) is 3.15. The quantitative estimate of drug-likeness (QED) is 0.809. The Labute approximate surface area is 146 Å². The van der Waals surface area contributed by atoms with E-state index < -0.39 is 15.3 Å². The number of hydrogen-bond donors (Lipinski definition) is 0. The number of aromatic nitrogens is 2. The third-order valence-electron chi connectivity index (χ3n) is 4.83. The molecular formula is C17H18N4O3S. The molecule has 0 unspecified atom stereocenters. The molecule has 2 aromatic rings. The minimum Gasteiger partial charge on any atom is -0.336 e. The second kappa shape index (κ2) is 6.20. The number of carbonyl (C=O) groups excluding carboxylic acids is 1. The Bertz CT molecular complexity index is 873. The third-order valence-corrected chi connectivity index (χ3v) is 7.13. The van der Waals surface area contributed by atoms with E-state index in [9.17, 15) is 13.2 Å². The van der Waals surface area contributed by atoms with Crippen LogP contribution in [0.5, 0.6) is 0 Å². The van der Waals surface area contributed by atoms with E-state index in [1.54, 1.807) is 9.21 Å². The van der Waals surface area contributed by atoms with Crippen LogP contribution in [0, 0.1) is 5.92 Å². The number of carbonyl (C=O) groups is 1. The lowest BCUT2D eigenvalue weighted by atomic mass is 10.1. The molecule has 0 aliphatic carbocycles. The summed E-state index contributed by atoms with van der Waals surface area (Å²) in [5.41, 5.74) is 1.22. The number of sulfonamides is 1. The Balaban J connectivity index is 1.49. The van der Waals surface area contributed by atoms with E-state index in [1.807, 2.05) is 30.3 Å². The van der Waals surface area contributed by atoms with E-state index in [-0.39, 0.29) is 24.1 Å². The van der Waals surface area contributed by atoms with Gasteiger partial charge in [-0.3, -0.25) is 9.78 Å². The first kappa shape index (κ1) is 16.2. The van der Waals surface area contributed by atoms with Gasteiger partial charge < -0.3 is 4.90 Å². The van der Waals surface area contributed by atoms with Crippen molar-refractivity contribution in [3.05, 3.63) is 60.2 Å². The predicted molar refractivity (Wildman–Crippen MR) is 91.0 cm³/mol. The molecule has 0 saturated carbocycles. The van der Waals surface area contributed by atoms with Crippen LogP contribution in [0.2, 0.25) is 0 Å². The Hall–Kier alpha value is -2.32. The van der Waals surface area contributed by atoms with Gasteiger partial charge in [0, 0.05) is 44.5 Å². The second-order valence-corrected chi connectivity index (χ2v) is 8.57. The molecule has 3 heterocycles. The number of amides is 1. The molecule has 0 radical (unpaired) electrons. The van der Waals surface area contributed by atoms with Crippen LogP contribution < -0.4 is 0 Å². The first-order valence-electron chi connectivity index (χ1n) is 8.14. The van der Waals surface area contributed by atoms with Gasteiger partial charge in [0.15, 0.2) is 0 Å². The van der Waals surface area contributed by atoms with Crippen molar-refractivity contribution >= 4 is 15.9 Å². The molecule has 8 heteroatoms. The van der Waals surface area contributed by atoms with Gasteiger partial charge in [-0.15, -0.1) is 0 Å². The maximum atomic E-state index is 12.8. The molecule has 1 amide bonds. The Kier molecular flexibility index (Phi) is 4.01. The summed E-state index contributed by atoms with van der Waals surface area (Å²) in [6.07, 6.45) is 4.37. The molecule has 1 aromatic carbocycles. The Morgan fingerprint density at radius 3 is 2.60 bits per heavy atom. The molecule has 25 heavy (non-hydrogen) atoms. The van der Waals surface area contributed by atoms with Crippen LogP contribution in [0.25, 0.3) is 0 Å². The Morgan fingerprint density at radius 1 is 1.12 bits per heavy atom. The SMILES string of the molecule is O=C(c1cnccn1)N1C[C@H]2CN(Cc3ccccc3)S(=O)(=O)[C@@H]2C1. The highest BCUT2D eigenvalue weighted by atomic mass is 32.2. The maximum Gasteiger partial charge on any atom is 0.274 e. The van der Waals surface area contributed by atoms with Gasteiger partial charge in [-0.2, -0.15) is 4.31 Å². The van der Waals surface area contributed by atoms with Crippen molar-refractivity contribution in [1.29, 1.82) is 0 Å². The van der Waals surface area contributed by atoms with Crippen LogP contribution in [0.3, 0.4) is 0 Å². The number of hydrogen-bond acceptors (Lipinski definition) is 5. The van der Waals surface area contributed by atoms with Crippen molar-refractivity contribution in [3.8, 4) is 0 Å². The fourth-order valence-electron chi connectivity index (χ4n) is 3.59. The molecule has 2 aliphatic heterocycles. The summed E-state index contributed by atoms with van der Waals surface area (Å²) in [6, 6.07) is 9.56. The van der Waals surface area contributed by atoms with Gasteiger partial charge in [-0.1, -0.05) is 30.3 Å². The molecule has 0 bridgehead atoms. The van der Waals surface area contributed by atoms with Gasteiger partial charge >= 0.3 is 0 Å². The van der Waals surface area contributed by atoms with Crippen molar-refractivity contribution in [1.82, 2.24) is 19.2 Å². The van der Waals surface area contributed by atoms with Gasteiger partial charge in [-0.25, -0.2) is 13.4 Å². The first-order valence-corrected chi connectivity index (χ1v) is 9.64. The summed E-state index contributed by atoms with van der Waals surface area (Å²) < 4.78 is 27.2. The van der Waals surface area contributed by atoms with Crippen LogP contribution in [0.4, 0.5) is 0 Å². The molecular weight excluding hydrogens is 340 g/mol. The van der Waals surface area contributed by atoms with E-state index >= 15 is 0 Å². The lowest BCUT2D eigenvalue weighted by molar-refractivity contribution is 0.0778. The zero-order valence-electron chi connectivity index (χ0n) is 13.5. The molecule has 2 saturated heterocycles. The molecule has 7 nitrogen and oxygen atoms in total. The minimum absolute atomic E-state index is 0.0608. The number of likely N-dealkylation sites (tertiary alicyclic amines) is 1. The zero-order chi connectivity index (χ0) is 17.4. The van der Waals surface area contributed by atoms with Crippen LogP contribution in [0.1, 0.15) is 16.1 Å². The topological polar surface area (TPSA) is 83.5 Å². The van der Waals surface area contributed by atoms with Gasteiger partial charge in [0.2, 0.25) is 10.0 Å². The first-order chi connectivity index (χ1) is 12.1. The van der Waals surface area contributed by atoms with E-state index in [4.69, 9.17) is 0 Å². The highest BCUT2D eigenvalue weighted by Gasteiger charge is 2.52. The van der Waals surface area contributed by atoms with Crippen molar-refractivity contribution in [2.75, 3.05) is 19.6 Å². The molecule has 2 aliphatic rings. The molecule has 0 spiro atoms. The van der Waals surface area contributed by atoms with Crippen LogP contribution >= 0.6 is 0 Å². The second-order valence-electron chi connectivity index (χ2n) is 6.42. The lowest BCUT2D eigenvalue weighted by Gasteiger charge is -2.21. The van der Waals surface area contributed by atoms with Crippen LogP contribution in [-0.2, 0) is 16.6 Å². The van der Waals surface area contributed by atoms with Gasteiger partial charge in [0.05, 0.1) is 11.4 Å². The van der Waals surface area contributed by atoms with Crippen molar-refractivity contribution in [2.24, 2.45) is 5.92 Å². The average molecular weight is 358 g/mol. The Morgan fingerprint density at radius 2 is 1.92 bits per heavy atom. The minimum atomic E-state index is -3.41. The highest BCUT2D eigenvalue weighted by Crippen LogP contribution is 2.35. The summed E-state index contributed by atoms with van der Waals surface area (Å²) in [4.78, 5) is 22.0. The van der Waals surface area contributed by atoms with Crippen LogP contribution in [0.15, 0.2) is 48.9 Å². The molecule has 2 atom stereocenters. The van der Waals surface area contributed by atoms with E-state index in [1.165, 1.54) is 18.6 Å². The molecule has 4 rings (SSSR count). The standard InChI is InChI=1S/C17H18N4O3S/c22-17(15-8-18-6-7-19-15)20-10-14-11-21(25(23,24)16(14)12-20)9-13-4-2-1-3-5-13/h1-8,14,16H,9-12H2/t14-,16+/m0/s1. The summed E-state index contributed by atoms with van der Waals surface area (Å²) in [7, 11) is -3.41. The lowest BCUT2D eigenvalue weighted by Crippen LogP contribution is -2.37. The van der Waals surface area contributed by atoms with Crippen molar-refractivity contribution in [2.45, 2.75) is 11.8 Å². The van der Waals surface area contributed by atoms with E-state index in [2.05, 4.69) is 9.97 Å². The molecule has 0 N–H and O–H groups in total. The van der Waals surface area contributed by atoms with Gasteiger partial charge in [0.25, 0.3) is 5.91 Å². The fourth-order valence-corrected chi connectivity index (χ4v) is 5.73. The van der Waals surface area contributed by atoms with Crippen LogP contribution in [-0.4, -0.2) is 58.4 Å². The van der Waals surface area contributed by atoms with E-state index in [0.717, 1.165) is 5.56 Å². The van der Waals surface area contributed by atoms with Gasteiger partial charge in [-0.05, 0) is 5.56 Å². The summed E-state index contributed by atoms with van der Waals surface area (Å²) in [6.45, 7) is 1.48. The van der Waals surface area contributed by atoms with Crippen molar-refractivity contribution in [3.63, 3.8) is 0 Å². The summed E-state index contributed by atoms with van der Waals surface area (Å²) >= 11 is 0. The third kappa shape index (κ3) is 2.91. The zero-order valence-corrected chi connectivity index (χ0v) is 14.3. The van der Waals surface area contributed by atoms with Crippen molar-refractivity contribution < 1.29 is 13.2 Å². The number of benzene rings is 1. The predicted octanol–water partition coefficient (Wildman–Crippen LogP) is 0.763. The summed E-state index contributed by atoms with van der Waals surface area (Å²) in [5, 5.41) is -0.531. The number of fused-ring (bicyclic) bond motifs is 1. The maximum absolute atomic E-state index is 12.8. The summed E-state index contributed by atoms with van der Waals surface area (Å²) in [5.74, 6) is -0.318. The van der Waals surface area contributed by atoms with E-state index in [0.29, 0.717) is 19.6 Å². The fraction of sp³-hybridized carbons (Fsp3) is 0.353. The number of rotatable bonds is 3. The molecule has 130 valence electrons. The molecule has 1 aromatic heterocycles. The van der Waals surface area contributed by atoms with Gasteiger partial charge in [0.1, 0.15) is 5.69 Å². The smallest absolute Gasteiger partial charge is 0.274 e. The monoisotopic (exact) mass is 358 g/mol.